The molecule has 1 saturated heterocycles. The first-order valence-corrected chi connectivity index (χ1v) is 10.2. The topological polar surface area (TPSA) is 47.1 Å². The maximum absolute atomic E-state index is 6.12. The first-order chi connectivity index (χ1) is 13.7. The first-order valence-electron chi connectivity index (χ1n) is 10.2. The van der Waals surface area contributed by atoms with Gasteiger partial charge in [0.1, 0.15) is 0 Å². The van der Waals surface area contributed by atoms with E-state index in [0.717, 1.165) is 38.4 Å². The monoisotopic (exact) mass is 410 g/mol. The van der Waals surface area contributed by atoms with Crippen LogP contribution in [0.3, 0.4) is 0 Å². The molecule has 0 bridgehead atoms. The molecule has 1 aliphatic heterocycles. The maximum atomic E-state index is 6.12. The van der Waals surface area contributed by atoms with Gasteiger partial charge in [0.05, 0.1) is 12.2 Å². The van der Waals surface area contributed by atoms with Crippen LogP contribution >= 0.6 is 12.4 Å². The Balaban J connectivity index is 0.00000240. The van der Waals surface area contributed by atoms with Gasteiger partial charge in [-0.1, -0.05) is 60.7 Å². The van der Waals surface area contributed by atoms with Crippen molar-refractivity contribution >= 4 is 12.4 Å². The number of nitrogens with two attached hydrogens (primary N) is 1. The minimum Gasteiger partial charge on any atom is -0.330 e. The van der Waals surface area contributed by atoms with Gasteiger partial charge in [-0.3, -0.25) is 9.58 Å². The third kappa shape index (κ3) is 4.72. The lowest BCUT2D eigenvalue weighted by Gasteiger charge is -2.17. The summed E-state index contributed by atoms with van der Waals surface area (Å²) in [6, 6.07) is 21.4. The third-order valence-electron chi connectivity index (χ3n) is 6.14. The highest BCUT2D eigenvalue weighted by atomic mass is 35.5. The largest absolute Gasteiger partial charge is 0.330 e. The van der Waals surface area contributed by atoms with E-state index in [0.29, 0.717) is 11.8 Å². The second kappa shape index (κ2) is 9.57. The van der Waals surface area contributed by atoms with Gasteiger partial charge in [0.25, 0.3) is 0 Å². The molecule has 4 rings (SSSR count). The number of aromatic nitrogens is 2. The summed E-state index contributed by atoms with van der Waals surface area (Å²) >= 11 is 0. The first kappa shape index (κ1) is 21.6. The maximum Gasteiger partial charge on any atom is 0.0662 e. The van der Waals surface area contributed by atoms with Gasteiger partial charge in [0, 0.05) is 36.8 Å². The molecule has 5 heteroatoms. The fourth-order valence-electron chi connectivity index (χ4n) is 4.50. The Morgan fingerprint density at radius 2 is 1.59 bits per heavy atom. The van der Waals surface area contributed by atoms with Crippen LogP contribution in [-0.4, -0.2) is 34.3 Å². The second-order valence-electron chi connectivity index (χ2n) is 8.00. The van der Waals surface area contributed by atoms with E-state index in [1.807, 2.05) is 0 Å². The molecule has 3 aromatic rings. The SMILES string of the molecule is Cc1nn(Cc2ccccc2)c(C)c1CN1C[C@@H](CN)[C@H](c2ccccc2)C1.Cl. The van der Waals surface area contributed by atoms with Gasteiger partial charge in [-0.15, -0.1) is 12.4 Å². The molecule has 0 saturated carbocycles. The van der Waals surface area contributed by atoms with E-state index >= 15 is 0 Å². The van der Waals surface area contributed by atoms with E-state index in [4.69, 9.17) is 10.8 Å². The van der Waals surface area contributed by atoms with Crippen molar-refractivity contribution in [1.82, 2.24) is 14.7 Å². The molecular formula is C24H31ClN4. The summed E-state index contributed by atoms with van der Waals surface area (Å²) in [7, 11) is 0. The van der Waals surface area contributed by atoms with Crippen LogP contribution in [0, 0.1) is 19.8 Å². The number of halogens is 1. The van der Waals surface area contributed by atoms with E-state index < -0.39 is 0 Å². The van der Waals surface area contributed by atoms with Gasteiger partial charge in [0.15, 0.2) is 0 Å². The quantitative estimate of drug-likeness (QED) is 0.664. The molecular weight excluding hydrogens is 380 g/mol. The third-order valence-corrected chi connectivity index (χ3v) is 6.14. The number of rotatable bonds is 6. The van der Waals surface area contributed by atoms with Gasteiger partial charge < -0.3 is 5.73 Å². The summed E-state index contributed by atoms with van der Waals surface area (Å²) in [5, 5.41) is 4.83. The summed E-state index contributed by atoms with van der Waals surface area (Å²) in [5.41, 5.74) is 12.6. The minimum absolute atomic E-state index is 0. The number of aryl methyl sites for hydroxylation is 1. The van der Waals surface area contributed by atoms with Crippen molar-refractivity contribution in [2.75, 3.05) is 19.6 Å². The van der Waals surface area contributed by atoms with Crippen molar-refractivity contribution in [3.63, 3.8) is 0 Å². The van der Waals surface area contributed by atoms with Crippen molar-refractivity contribution in [2.45, 2.75) is 32.9 Å². The zero-order chi connectivity index (χ0) is 19.5. The number of nitrogens with zero attached hydrogens (tertiary/aromatic N) is 3. The van der Waals surface area contributed by atoms with E-state index in [-0.39, 0.29) is 12.4 Å². The van der Waals surface area contributed by atoms with Crippen LogP contribution in [0.5, 0.6) is 0 Å². The molecule has 0 radical (unpaired) electrons. The van der Waals surface area contributed by atoms with Crippen LogP contribution in [0.4, 0.5) is 0 Å². The van der Waals surface area contributed by atoms with Gasteiger partial charge >= 0.3 is 0 Å². The van der Waals surface area contributed by atoms with Gasteiger partial charge in [-0.05, 0) is 37.4 Å². The Kier molecular flexibility index (Phi) is 7.12. The normalized spacial score (nSPS) is 19.3. The molecule has 154 valence electrons. The predicted molar refractivity (Wildman–Crippen MR) is 121 cm³/mol. The Bertz CT molecular complexity index is 907. The molecule has 0 aliphatic carbocycles. The molecule has 1 aliphatic rings. The molecule has 2 heterocycles. The summed E-state index contributed by atoms with van der Waals surface area (Å²) in [5.74, 6) is 1.04. The number of benzene rings is 2. The van der Waals surface area contributed by atoms with E-state index in [2.05, 4.69) is 84.1 Å². The van der Waals surface area contributed by atoms with Crippen LogP contribution in [-0.2, 0) is 13.1 Å². The number of hydrogen-bond acceptors (Lipinski definition) is 3. The fraction of sp³-hybridized carbons (Fsp3) is 0.375. The standard InChI is InChI=1S/C24H30N4.ClH/c1-18-23(19(2)28(26-18)14-20-9-5-3-6-10-20)16-27-15-22(13-25)24(17-27)21-11-7-4-8-12-21;/h3-12,22,24H,13-17,25H2,1-2H3;1H/t22-,24+;/m1./s1. The van der Waals surface area contributed by atoms with E-state index in [1.54, 1.807) is 0 Å². The zero-order valence-electron chi connectivity index (χ0n) is 17.3. The van der Waals surface area contributed by atoms with Crippen molar-refractivity contribution in [1.29, 1.82) is 0 Å². The van der Waals surface area contributed by atoms with Crippen molar-refractivity contribution < 1.29 is 0 Å². The Hall–Kier alpha value is -2.14. The molecule has 0 spiro atoms. The van der Waals surface area contributed by atoms with Crippen molar-refractivity contribution in [2.24, 2.45) is 11.7 Å². The smallest absolute Gasteiger partial charge is 0.0662 e. The highest BCUT2D eigenvalue weighted by Crippen LogP contribution is 2.33. The average Bonchev–Trinajstić information content (AvgIpc) is 3.26. The molecule has 4 nitrogen and oxygen atoms in total. The highest BCUT2D eigenvalue weighted by Gasteiger charge is 2.33. The Labute approximate surface area is 180 Å². The van der Waals surface area contributed by atoms with Crippen LogP contribution in [0.25, 0.3) is 0 Å². The van der Waals surface area contributed by atoms with Gasteiger partial charge in [-0.25, -0.2) is 0 Å². The van der Waals surface area contributed by atoms with E-state index in [9.17, 15) is 0 Å². The highest BCUT2D eigenvalue weighted by molar-refractivity contribution is 5.85. The summed E-state index contributed by atoms with van der Waals surface area (Å²) in [6.45, 7) is 8.96. The van der Waals surface area contributed by atoms with Gasteiger partial charge in [-0.2, -0.15) is 5.10 Å². The second-order valence-corrected chi connectivity index (χ2v) is 8.00. The summed E-state index contributed by atoms with van der Waals surface area (Å²) in [4.78, 5) is 2.55. The minimum atomic E-state index is 0. The molecule has 1 aromatic heterocycles. The number of likely N-dealkylation sites (tertiary alicyclic amines) is 1. The van der Waals surface area contributed by atoms with Gasteiger partial charge in [0.2, 0.25) is 0 Å². The summed E-state index contributed by atoms with van der Waals surface area (Å²) < 4.78 is 2.14. The fourth-order valence-corrected chi connectivity index (χ4v) is 4.50. The molecule has 2 atom stereocenters. The lowest BCUT2D eigenvalue weighted by Crippen LogP contribution is -2.23. The zero-order valence-corrected chi connectivity index (χ0v) is 18.1. The Morgan fingerprint density at radius 3 is 2.24 bits per heavy atom. The van der Waals surface area contributed by atoms with E-state index in [1.165, 1.54) is 22.4 Å². The molecule has 2 N–H and O–H groups in total. The molecule has 1 fully saturated rings. The van der Waals surface area contributed by atoms with Crippen molar-refractivity contribution in [3.8, 4) is 0 Å². The van der Waals surface area contributed by atoms with Crippen LogP contribution in [0.1, 0.15) is 34.0 Å². The molecule has 29 heavy (non-hydrogen) atoms. The lowest BCUT2D eigenvalue weighted by atomic mass is 9.89. The molecule has 2 aromatic carbocycles. The summed E-state index contributed by atoms with van der Waals surface area (Å²) in [6.07, 6.45) is 0. The molecule has 0 amide bonds. The number of hydrogen-bond donors (Lipinski definition) is 1. The Morgan fingerprint density at radius 1 is 0.931 bits per heavy atom. The van der Waals surface area contributed by atoms with Crippen LogP contribution in [0.2, 0.25) is 0 Å². The predicted octanol–water partition coefficient (Wildman–Crippen LogP) is 4.14. The average molecular weight is 411 g/mol. The van der Waals surface area contributed by atoms with Crippen LogP contribution < -0.4 is 5.73 Å². The van der Waals surface area contributed by atoms with Crippen molar-refractivity contribution in [3.05, 3.63) is 88.7 Å². The molecule has 0 unspecified atom stereocenters. The van der Waals surface area contributed by atoms with Crippen LogP contribution in [0.15, 0.2) is 60.7 Å². The lowest BCUT2D eigenvalue weighted by molar-refractivity contribution is 0.315.